The third kappa shape index (κ3) is 4.55. The SMILES string of the molecule is Cc1cc(-c2ccc(C(=O)O)cc2)c(CC2C(=O)Nc3ccc(S(=O)(=O)Cc4ccccc4)cc32)[nH]1. The number of aryl methyl sites for hydroxylation is 1. The van der Waals surface area contributed by atoms with Crippen LogP contribution in [0.3, 0.4) is 0 Å². The molecule has 0 bridgehead atoms. The highest BCUT2D eigenvalue weighted by Crippen LogP contribution is 2.38. The number of sulfone groups is 1. The fraction of sp³-hybridized carbons (Fsp3) is 0.143. The van der Waals surface area contributed by atoms with E-state index >= 15 is 0 Å². The van der Waals surface area contributed by atoms with Crippen molar-refractivity contribution in [1.29, 1.82) is 0 Å². The molecule has 1 atom stereocenters. The van der Waals surface area contributed by atoms with Gasteiger partial charge in [0.05, 0.1) is 22.1 Å². The van der Waals surface area contributed by atoms with E-state index in [2.05, 4.69) is 10.3 Å². The van der Waals surface area contributed by atoms with Gasteiger partial charge in [0, 0.05) is 29.1 Å². The van der Waals surface area contributed by atoms with Gasteiger partial charge >= 0.3 is 5.97 Å². The van der Waals surface area contributed by atoms with Crippen molar-refractivity contribution in [2.75, 3.05) is 5.32 Å². The van der Waals surface area contributed by atoms with E-state index in [9.17, 15) is 23.1 Å². The number of anilines is 1. The number of aromatic nitrogens is 1. The van der Waals surface area contributed by atoms with Crippen molar-refractivity contribution in [3.8, 4) is 11.1 Å². The number of aromatic carboxylic acids is 1. The van der Waals surface area contributed by atoms with E-state index < -0.39 is 21.7 Å². The number of aromatic amines is 1. The number of amides is 1. The highest BCUT2D eigenvalue weighted by molar-refractivity contribution is 7.90. The molecule has 0 saturated carbocycles. The van der Waals surface area contributed by atoms with Gasteiger partial charge in [0.2, 0.25) is 5.91 Å². The van der Waals surface area contributed by atoms with Crippen molar-refractivity contribution < 1.29 is 23.1 Å². The molecule has 0 radical (unpaired) electrons. The average molecular weight is 501 g/mol. The van der Waals surface area contributed by atoms with Crippen molar-refractivity contribution >= 4 is 27.4 Å². The topological polar surface area (TPSA) is 116 Å². The Hall–Kier alpha value is -4.17. The molecule has 0 saturated heterocycles. The van der Waals surface area contributed by atoms with Gasteiger partial charge in [-0.2, -0.15) is 0 Å². The molecular weight excluding hydrogens is 476 g/mol. The van der Waals surface area contributed by atoms with Crippen LogP contribution in [0.4, 0.5) is 5.69 Å². The van der Waals surface area contributed by atoms with Gasteiger partial charge in [-0.1, -0.05) is 42.5 Å². The monoisotopic (exact) mass is 500 g/mol. The molecule has 8 heteroatoms. The summed E-state index contributed by atoms with van der Waals surface area (Å²) in [7, 11) is -3.60. The number of carbonyl (C=O) groups excluding carboxylic acids is 1. The smallest absolute Gasteiger partial charge is 0.335 e. The van der Waals surface area contributed by atoms with E-state index in [-0.39, 0.29) is 22.1 Å². The van der Waals surface area contributed by atoms with Gasteiger partial charge in [0.15, 0.2) is 9.84 Å². The summed E-state index contributed by atoms with van der Waals surface area (Å²) in [4.78, 5) is 27.6. The van der Waals surface area contributed by atoms with E-state index in [4.69, 9.17) is 0 Å². The van der Waals surface area contributed by atoms with E-state index in [1.165, 1.54) is 6.07 Å². The number of benzene rings is 3. The Labute approximate surface area is 208 Å². The summed E-state index contributed by atoms with van der Waals surface area (Å²) in [6.45, 7) is 1.91. The quantitative estimate of drug-likeness (QED) is 0.332. The molecule has 4 aromatic rings. The molecule has 1 aliphatic heterocycles. The number of carboxylic acids is 1. The summed E-state index contributed by atoms with van der Waals surface area (Å²) in [6, 6.07) is 22.3. The summed E-state index contributed by atoms with van der Waals surface area (Å²) in [6.07, 6.45) is 0.338. The van der Waals surface area contributed by atoms with Gasteiger partial charge in [-0.15, -0.1) is 0 Å². The van der Waals surface area contributed by atoms with Gasteiger partial charge < -0.3 is 15.4 Å². The second kappa shape index (κ2) is 9.13. The van der Waals surface area contributed by atoms with Gasteiger partial charge in [-0.05, 0) is 60.0 Å². The van der Waals surface area contributed by atoms with Crippen LogP contribution in [0.2, 0.25) is 0 Å². The van der Waals surface area contributed by atoms with Crippen LogP contribution in [-0.4, -0.2) is 30.4 Å². The van der Waals surface area contributed by atoms with Crippen molar-refractivity contribution in [2.45, 2.75) is 29.9 Å². The molecule has 0 fully saturated rings. The van der Waals surface area contributed by atoms with Crippen LogP contribution in [0.25, 0.3) is 11.1 Å². The van der Waals surface area contributed by atoms with E-state index in [0.29, 0.717) is 23.2 Å². The van der Waals surface area contributed by atoms with Gasteiger partial charge in [-0.25, -0.2) is 13.2 Å². The lowest BCUT2D eigenvalue weighted by atomic mass is 9.93. The minimum absolute atomic E-state index is 0.120. The maximum atomic E-state index is 13.1. The molecule has 3 aromatic carbocycles. The Kier molecular flexibility index (Phi) is 5.97. The standard InChI is InChI=1S/C28H24N2O5S/c1-17-13-22(19-7-9-20(10-8-19)28(32)33)26(29-17)15-24-23-14-21(11-12-25(23)30-27(24)31)36(34,35)16-18-5-3-2-4-6-18/h2-14,24,29H,15-16H2,1H3,(H,30,31)(H,32,33). The van der Waals surface area contributed by atoms with Crippen molar-refractivity contribution in [3.63, 3.8) is 0 Å². The van der Waals surface area contributed by atoms with Gasteiger partial charge in [0.1, 0.15) is 0 Å². The van der Waals surface area contributed by atoms with Crippen LogP contribution in [0.5, 0.6) is 0 Å². The number of nitrogens with one attached hydrogen (secondary N) is 2. The second-order valence-corrected chi connectivity index (χ2v) is 11.0. The second-order valence-electron chi connectivity index (χ2n) is 8.97. The minimum atomic E-state index is -3.60. The Morgan fingerprint density at radius 1 is 0.972 bits per heavy atom. The largest absolute Gasteiger partial charge is 0.478 e. The Bertz CT molecular complexity index is 1570. The van der Waals surface area contributed by atoms with Crippen LogP contribution in [0, 0.1) is 6.92 Å². The molecule has 1 unspecified atom stereocenters. The number of carbonyl (C=O) groups is 2. The molecule has 1 amide bonds. The van der Waals surface area contributed by atoms with Gasteiger partial charge in [0.25, 0.3) is 0 Å². The van der Waals surface area contributed by atoms with Crippen molar-refractivity contribution in [3.05, 3.63) is 107 Å². The van der Waals surface area contributed by atoms with Crippen LogP contribution in [0.1, 0.15) is 38.8 Å². The van der Waals surface area contributed by atoms with Crippen molar-refractivity contribution in [2.24, 2.45) is 0 Å². The summed E-state index contributed by atoms with van der Waals surface area (Å²) in [5.74, 6) is -1.88. The predicted octanol–water partition coefficient (Wildman–Crippen LogP) is 4.94. The van der Waals surface area contributed by atoms with Crippen LogP contribution in [0.15, 0.2) is 83.8 Å². The van der Waals surface area contributed by atoms with E-state index in [0.717, 1.165) is 22.5 Å². The maximum Gasteiger partial charge on any atom is 0.335 e. The predicted molar refractivity (Wildman–Crippen MR) is 137 cm³/mol. The molecule has 3 N–H and O–H groups in total. The fourth-order valence-corrected chi connectivity index (χ4v) is 6.02. The van der Waals surface area contributed by atoms with Gasteiger partial charge in [-0.3, -0.25) is 4.79 Å². The highest BCUT2D eigenvalue weighted by atomic mass is 32.2. The van der Waals surface area contributed by atoms with E-state index in [1.807, 2.05) is 19.1 Å². The Morgan fingerprint density at radius 2 is 1.69 bits per heavy atom. The molecule has 36 heavy (non-hydrogen) atoms. The van der Waals surface area contributed by atoms with Crippen LogP contribution < -0.4 is 5.32 Å². The zero-order chi connectivity index (χ0) is 25.4. The highest BCUT2D eigenvalue weighted by Gasteiger charge is 2.33. The first-order chi connectivity index (χ1) is 17.2. The minimum Gasteiger partial charge on any atom is -0.478 e. The van der Waals surface area contributed by atoms with Crippen LogP contribution >= 0.6 is 0 Å². The number of rotatable bonds is 7. The fourth-order valence-electron chi connectivity index (χ4n) is 4.64. The lowest BCUT2D eigenvalue weighted by Crippen LogP contribution is -2.15. The zero-order valence-corrected chi connectivity index (χ0v) is 20.3. The summed E-state index contributed by atoms with van der Waals surface area (Å²) in [5.41, 5.74) is 5.58. The zero-order valence-electron chi connectivity index (χ0n) is 19.5. The molecule has 1 aromatic heterocycles. The lowest BCUT2D eigenvalue weighted by molar-refractivity contribution is -0.117. The number of fused-ring (bicyclic) bond motifs is 1. The number of H-pyrrole nitrogens is 1. The molecular formula is C28H24N2O5S. The van der Waals surface area contributed by atoms with Crippen LogP contribution in [-0.2, 0) is 26.8 Å². The molecule has 0 aliphatic carbocycles. The molecule has 0 spiro atoms. The molecule has 1 aliphatic rings. The lowest BCUT2D eigenvalue weighted by Gasteiger charge is -2.12. The number of hydrogen-bond acceptors (Lipinski definition) is 4. The molecule has 182 valence electrons. The first-order valence-electron chi connectivity index (χ1n) is 11.4. The number of carboxylic acid groups (broad SMARTS) is 1. The molecule has 7 nitrogen and oxygen atoms in total. The first kappa shape index (κ1) is 23.6. The number of hydrogen-bond donors (Lipinski definition) is 3. The summed E-state index contributed by atoms with van der Waals surface area (Å²) in [5, 5.41) is 12.1. The van der Waals surface area contributed by atoms with Crippen molar-refractivity contribution in [1.82, 2.24) is 4.98 Å². The maximum absolute atomic E-state index is 13.1. The Morgan fingerprint density at radius 3 is 2.39 bits per heavy atom. The third-order valence-electron chi connectivity index (χ3n) is 6.42. The third-order valence-corrected chi connectivity index (χ3v) is 8.10. The summed E-state index contributed by atoms with van der Waals surface area (Å²) < 4.78 is 26.2. The average Bonchev–Trinajstić information content (AvgIpc) is 3.38. The molecule has 5 rings (SSSR count). The summed E-state index contributed by atoms with van der Waals surface area (Å²) >= 11 is 0. The Balaban J connectivity index is 1.46. The van der Waals surface area contributed by atoms with E-state index in [1.54, 1.807) is 60.7 Å². The normalized spacial score (nSPS) is 14.9. The first-order valence-corrected chi connectivity index (χ1v) is 13.1. The molecule has 2 heterocycles.